The first kappa shape index (κ1) is 11.5. The van der Waals surface area contributed by atoms with E-state index in [1.54, 1.807) is 6.20 Å². The molecule has 2 aliphatic rings. The fraction of sp³-hybridized carbons (Fsp3) is 0.538. The quantitative estimate of drug-likeness (QED) is 0.745. The number of aromatic nitrogens is 1. The van der Waals surface area contributed by atoms with Crippen LogP contribution in [-0.2, 0) is 0 Å². The van der Waals surface area contributed by atoms with Gasteiger partial charge in [-0.1, -0.05) is 0 Å². The molecule has 0 aliphatic carbocycles. The molecular formula is C13H17N3O2. The Morgan fingerprint density at radius 2 is 2.28 bits per heavy atom. The Hall–Kier alpha value is -1.62. The van der Waals surface area contributed by atoms with E-state index in [0.29, 0.717) is 5.92 Å². The van der Waals surface area contributed by atoms with E-state index in [1.165, 1.54) is 18.7 Å². The first-order chi connectivity index (χ1) is 8.77. The van der Waals surface area contributed by atoms with E-state index >= 15 is 0 Å². The van der Waals surface area contributed by atoms with Crippen LogP contribution in [0.2, 0.25) is 0 Å². The van der Waals surface area contributed by atoms with Crippen molar-refractivity contribution in [3.8, 4) is 0 Å². The molecule has 96 valence electrons. The van der Waals surface area contributed by atoms with Gasteiger partial charge in [0.25, 0.3) is 5.91 Å². The van der Waals surface area contributed by atoms with Gasteiger partial charge in [0.2, 0.25) is 0 Å². The third-order valence-corrected chi connectivity index (χ3v) is 3.99. The maximum atomic E-state index is 12.4. The second-order valence-corrected chi connectivity index (χ2v) is 5.05. The summed E-state index contributed by atoms with van der Waals surface area (Å²) in [5.41, 5.74) is 0.0527. The molecule has 0 saturated carbocycles. The molecule has 18 heavy (non-hydrogen) atoms. The van der Waals surface area contributed by atoms with Crippen molar-refractivity contribution in [3.63, 3.8) is 0 Å². The number of carbonyl (C=O) groups excluding carboxylic acids is 1. The molecule has 2 N–H and O–H groups in total. The van der Waals surface area contributed by atoms with Gasteiger partial charge >= 0.3 is 0 Å². The van der Waals surface area contributed by atoms with Gasteiger partial charge in [-0.15, -0.1) is 0 Å². The van der Waals surface area contributed by atoms with Crippen LogP contribution in [-0.4, -0.2) is 41.5 Å². The van der Waals surface area contributed by atoms with Crippen LogP contribution in [0.5, 0.6) is 0 Å². The Balaban J connectivity index is 1.88. The summed E-state index contributed by atoms with van der Waals surface area (Å²) in [6.07, 6.45) is 5.26. The Kier molecular flexibility index (Phi) is 2.91. The number of carbonyl (C=O) groups is 1. The number of nitrogens with zero attached hydrogens (tertiary/aromatic N) is 1. The van der Waals surface area contributed by atoms with Gasteiger partial charge < -0.3 is 15.2 Å². The van der Waals surface area contributed by atoms with Crippen molar-refractivity contribution in [2.24, 2.45) is 5.92 Å². The molecule has 2 saturated heterocycles. The highest BCUT2D eigenvalue weighted by Crippen LogP contribution is 2.27. The van der Waals surface area contributed by atoms with Crippen LogP contribution in [0.3, 0.4) is 0 Å². The third-order valence-electron chi connectivity index (χ3n) is 3.99. The minimum Gasteiger partial charge on any atom is -0.367 e. The number of hydrogen-bond donors (Lipinski definition) is 2. The Morgan fingerprint density at radius 1 is 1.39 bits per heavy atom. The van der Waals surface area contributed by atoms with Crippen molar-refractivity contribution in [2.45, 2.75) is 18.9 Å². The molecule has 2 atom stereocenters. The first-order valence-electron chi connectivity index (χ1n) is 6.46. The molecule has 0 bridgehead atoms. The summed E-state index contributed by atoms with van der Waals surface area (Å²) in [4.78, 5) is 28.8. The first-order valence-corrected chi connectivity index (χ1v) is 6.46. The summed E-state index contributed by atoms with van der Waals surface area (Å²) in [6.45, 7) is 2.59. The summed E-state index contributed by atoms with van der Waals surface area (Å²) in [5, 5.41) is 3.34. The van der Waals surface area contributed by atoms with Gasteiger partial charge in [-0.3, -0.25) is 9.59 Å². The van der Waals surface area contributed by atoms with Crippen LogP contribution >= 0.6 is 0 Å². The van der Waals surface area contributed by atoms with Gasteiger partial charge in [0.1, 0.15) is 5.56 Å². The van der Waals surface area contributed by atoms with E-state index in [1.807, 2.05) is 4.90 Å². The summed E-state index contributed by atoms with van der Waals surface area (Å²) in [6, 6.07) is 1.66. The molecule has 2 fully saturated rings. The lowest BCUT2D eigenvalue weighted by molar-refractivity contribution is 0.0573. The summed E-state index contributed by atoms with van der Waals surface area (Å²) in [5.74, 6) is 0.417. The smallest absolute Gasteiger partial charge is 0.259 e. The number of amides is 1. The van der Waals surface area contributed by atoms with Gasteiger partial charge in [0.05, 0.1) is 0 Å². The zero-order valence-corrected chi connectivity index (χ0v) is 10.2. The highest BCUT2D eigenvalue weighted by molar-refractivity contribution is 5.94. The van der Waals surface area contributed by atoms with Gasteiger partial charge in [0, 0.05) is 44.1 Å². The van der Waals surface area contributed by atoms with Gasteiger partial charge in [-0.2, -0.15) is 0 Å². The largest absolute Gasteiger partial charge is 0.367 e. The van der Waals surface area contributed by atoms with Gasteiger partial charge in [-0.25, -0.2) is 0 Å². The van der Waals surface area contributed by atoms with E-state index in [4.69, 9.17) is 0 Å². The third kappa shape index (κ3) is 1.84. The summed E-state index contributed by atoms with van der Waals surface area (Å²) in [7, 11) is 0. The second-order valence-electron chi connectivity index (χ2n) is 5.05. The fourth-order valence-electron chi connectivity index (χ4n) is 3.06. The molecule has 2 aliphatic heterocycles. The number of nitrogens with one attached hydrogen (secondary N) is 2. The summed E-state index contributed by atoms with van der Waals surface area (Å²) >= 11 is 0. The molecule has 1 aromatic heterocycles. The molecule has 2 unspecified atom stereocenters. The monoisotopic (exact) mass is 247 g/mol. The van der Waals surface area contributed by atoms with E-state index in [-0.39, 0.29) is 22.9 Å². The topological polar surface area (TPSA) is 65.2 Å². The van der Waals surface area contributed by atoms with Crippen LogP contribution in [0, 0.1) is 5.92 Å². The van der Waals surface area contributed by atoms with Crippen molar-refractivity contribution in [3.05, 3.63) is 34.2 Å². The number of rotatable bonds is 1. The Bertz CT molecular complexity index is 511. The van der Waals surface area contributed by atoms with Crippen molar-refractivity contribution >= 4 is 5.91 Å². The van der Waals surface area contributed by atoms with Crippen molar-refractivity contribution in [1.82, 2.24) is 15.2 Å². The van der Waals surface area contributed by atoms with Crippen LogP contribution in [0.1, 0.15) is 23.2 Å². The number of fused-ring (bicyclic) bond motifs is 1. The van der Waals surface area contributed by atoms with E-state index in [0.717, 1.165) is 26.1 Å². The standard InChI is InChI=1S/C13H17N3O2/c17-12-3-4-14-7-10(12)13(18)16-5-1-2-9-6-15-8-11(9)16/h3-4,7,9,11,15H,1-2,5-6,8H2,(H,14,17). The van der Waals surface area contributed by atoms with Crippen LogP contribution in [0.15, 0.2) is 23.3 Å². The maximum absolute atomic E-state index is 12.4. The molecule has 0 aromatic carbocycles. The minimum absolute atomic E-state index is 0.129. The van der Waals surface area contributed by atoms with Gasteiger partial charge in [0.15, 0.2) is 5.43 Å². The number of likely N-dealkylation sites (tertiary alicyclic amines) is 1. The van der Waals surface area contributed by atoms with Crippen LogP contribution in [0.4, 0.5) is 0 Å². The lowest BCUT2D eigenvalue weighted by Gasteiger charge is -2.36. The highest BCUT2D eigenvalue weighted by Gasteiger charge is 2.37. The maximum Gasteiger partial charge on any atom is 0.259 e. The number of hydrogen-bond acceptors (Lipinski definition) is 3. The lowest BCUT2D eigenvalue weighted by atomic mass is 9.91. The molecule has 1 aromatic rings. The Morgan fingerprint density at radius 3 is 3.11 bits per heavy atom. The van der Waals surface area contributed by atoms with E-state index in [9.17, 15) is 9.59 Å². The minimum atomic E-state index is -0.202. The highest BCUT2D eigenvalue weighted by atomic mass is 16.2. The fourth-order valence-corrected chi connectivity index (χ4v) is 3.06. The Labute approximate surface area is 105 Å². The molecule has 5 heteroatoms. The van der Waals surface area contributed by atoms with Crippen molar-refractivity contribution in [2.75, 3.05) is 19.6 Å². The normalized spacial score (nSPS) is 27.0. The second kappa shape index (κ2) is 4.57. The average molecular weight is 247 g/mol. The molecular weight excluding hydrogens is 230 g/mol. The van der Waals surface area contributed by atoms with Crippen molar-refractivity contribution < 1.29 is 4.79 Å². The zero-order valence-electron chi connectivity index (χ0n) is 10.2. The number of H-pyrrole nitrogens is 1. The molecule has 3 rings (SSSR count). The molecule has 5 nitrogen and oxygen atoms in total. The molecule has 0 radical (unpaired) electrons. The predicted molar refractivity (Wildman–Crippen MR) is 67.5 cm³/mol. The van der Waals surface area contributed by atoms with E-state index < -0.39 is 0 Å². The number of piperidine rings is 1. The molecule has 3 heterocycles. The SMILES string of the molecule is O=C(c1c[nH]ccc1=O)N1CCCC2CNCC21. The number of pyridine rings is 1. The van der Waals surface area contributed by atoms with Gasteiger partial charge in [-0.05, 0) is 18.8 Å². The predicted octanol–water partition coefficient (Wildman–Crippen LogP) is 0.199. The van der Waals surface area contributed by atoms with Crippen LogP contribution in [0.25, 0.3) is 0 Å². The number of aromatic amines is 1. The van der Waals surface area contributed by atoms with Crippen molar-refractivity contribution in [1.29, 1.82) is 0 Å². The molecule has 1 amide bonds. The van der Waals surface area contributed by atoms with E-state index in [2.05, 4.69) is 10.3 Å². The average Bonchev–Trinajstić information content (AvgIpc) is 2.86. The molecule has 0 spiro atoms. The lowest BCUT2D eigenvalue weighted by Crippen LogP contribution is -2.49. The summed E-state index contributed by atoms with van der Waals surface area (Å²) < 4.78 is 0. The zero-order chi connectivity index (χ0) is 12.5. The van der Waals surface area contributed by atoms with Crippen LogP contribution < -0.4 is 10.7 Å².